The van der Waals surface area contributed by atoms with Crippen molar-refractivity contribution in [3.63, 3.8) is 0 Å². The van der Waals surface area contributed by atoms with Crippen molar-refractivity contribution in [1.29, 1.82) is 0 Å². The molecule has 0 fully saturated rings. The van der Waals surface area contributed by atoms with Crippen LogP contribution in [0.3, 0.4) is 0 Å². The Bertz CT molecular complexity index is 594. The highest BCUT2D eigenvalue weighted by Crippen LogP contribution is 2.32. The first-order chi connectivity index (χ1) is 9.11. The minimum Gasteiger partial charge on any atom is -0.409 e. The van der Waals surface area contributed by atoms with Gasteiger partial charge >= 0.3 is 0 Å². The van der Waals surface area contributed by atoms with Gasteiger partial charge < -0.3 is 10.9 Å². The van der Waals surface area contributed by atoms with Crippen LogP contribution in [0, 0.1) is 11.6 Å². The molecule has 0 saturated heterocycles. The fraction of sp³-hybridized carbons (Fsp3) is 0. The van der Waals surface area contributed by atoms with Crippen molar-refractivity contribution in [2.24, 2.45) is 10.9 Å². The normalized spacial score (nSPS) is 11.6. The summed E-state index contributed by atoms with van der Waals surface area (Å²) in [4.78, 5) is 0.595. The van der Waals surface area contributed by atoms with Gasteiger partial charge in [-0.25, -0.2) is 8.78 Å². The zero-order chi connectivity index (χ0) is 13.8. The molecular weight excluding hydrogens is 270 g/mol. The van der Waals surface area contributed by atoms with Crippen molar-refractivity contribution >= 4 is 17.6 Å². The fourth-order valence-electron chi connectivity index (χ4n) is 1.47. The first-order valence-corrected chi connectivity index (χ1v) is 6.13. The van der Waals surface area contributed by atoms with E-state index in [1.165, 1.54) is 0 Å². The van der Waals surface area contributed by atoms with Gasteiger partial charge in [0.25, 0.3) is 0 Å². The molecule has 0 aliphatic rings. The summed E-state index contributed by atoms with van der Waals surface area (Å²) in [7, 11) is 0. The maximum absolute atomic E-state index is 13.8. The molecule has 0 atom stereocenters. The lowest BCUT2D eigenvalue weighted by molar-refractivity contribution is 0.318. The summed E-state index contributed by atoms with van der Waals surface area (Å²) >= 11 is 0.976. The zero-order valence-electron chi connectivity index (χ0n) is 9.68. The first kappa shape index (κ1) is 13.4. The van der Waals surface area contributed by atoms with Crippen molar-refractivity contribution in [2.75, 3.05) is 0 Å². The van der Waals surface area contributed by atoms with Crippen LogP contribution in [0.1, 0.15) is 5.56 Å². The number of nitrogens with two attached hydrogens (primary N) is 1. The third-order valence-electron chi connectivity index (χ3n) is 2.36. The number of rotatable bonds is 3. The smallest absolute Gasteiger partial charge is 0.170 e. The highest BCUT2D eigenvalue weighted by molar-refractivity contribution is 7.99. The summed E-state index contributed by atoms with van der Waals surface area (Å²) in [5, 5.41) is 11.2. The molecule has 0 unspecified atom stereocenters. The van der Waals surface area contributed by atoms with Gasteiger partial charge in [-0.2, -0.15) is 0 Å². The van der Waals surface area contributed by atoms with Gasteiger partial charge in [0.1, 0.15) is 11.6 Å². The Labute approximate surface area is 112 Å². The van der Waals surface area contributed by atoms with Crippen molar-refractivity contribution in [3.05, 3.63) is 59.7 Å². The van der Waals surface area contributed by atoms with Gasteiger partial charge in [-0.3, -0.25) is 0 Å². The topological polar surface area (TPSA) is 58.6 Å². The molecule has 0 spiro atoms. The summed E-state index contributed by atoms with van der Waals surface area (Å²) in [6.07, 6.45) is 0. The predicted octanol–water partition coefficient (Wildman–Crippen LogP) is 3.21. The molecule has 2 aromatic carbocycles. The summed E-state index contributed by atoms with van der Waals surface area (Å²) in [6, 6.07) is 10.9. The summed E-state index contributed by atoms with van der Waals surface area (Å²) in [5.41, 5.74) is 5.29. The quantitative estimate of drug-likeness (QED) is 0.393. The van der Waals surface area contributed by atoms with Crippen molar-refractivity contribution < 1.29 is 14.0 Å². The van der Waals surface area contributed by atoms with Crippen LogP contribution in [0.4, 0.5) is 8.78 Å². The highest BCUT2D eigenvalue weighted by Gasteiger charge is 2.14. The number of nitrogens with zero attached hydrogens (tertiary/aromatic N) is 1. The standard InChI is InChI=1S/C13H10F2N2OS/c14-10-6-8(13(16)17-18)7-11(15)12(10)19-9-4-2-1-3-5-9/h1-7,18H,(H2,16,17). The van der Waals surface area contributed by atoms with Crippen LogP contribution in [-0.2, 0) is 0 Å². The molecule has 0 amide bonds. The molecule has 0 aromatic heterocycles. The molecule has 0 radical (unpaired) electrons. The molecule has 98 valence electrons. The molecule has 0 bridgehead atoms. The molecule has 0 aliphatic carbocycles. The molecule has 3 N–H and O–H groups in total. The van der Waals surface area contributed by atoms with E-state index in [4.69, 9.17) is 10.9 Å². The third kappa shape index (κ3) is 3.03. The van der Waals surface area contributed by atoms with Crippen LogP contribution in [-0.4, -0.2) is 11.0 Å². The fourth-order valence-corrected chi connectivity index (χ4v) is 2.31. The Hall–Kier alpha value is -2.08. The Morgan fingerprint density at radius 3 is 2.21 bits per heavy atom. The van der Waals surface area contributed by atoms with Gasteiger partial charge in [0, 0.05) is 10.5 Å². The number of hydrogen-bond donors (Lipinski definition) is 2. The average Bonchev–Trinajstić information content (AvgIpc) is 2.43. The lowest BCUT2D eigenvalue weighted by Gasteiger charge is -2.07. The van der Waals surface area contributed by atoms with Crippen molar-refractivity contribution in [1.82, 2.24) is 0 Å². The summed E-state index contributed by atoms with van der Waals surface area (Å²) in [6.45, 7) is 0. The maximum Gasteiger partial charge on any atom is 0.170 e. The van der Waals surface area contributed by atoms with Crippen LogP contribution < -0.4 is 5.73 Å². The first-order valence-electron chi connectivity index (χ1n) is 5.31. The van der Waals surface area contributed by atoms with Crippen molar-refractivity contribution in [2.45, 2.75) is 9.79 Å². The number of oxime groups is 1. The van der Waals surface area contributed by atoms with Crippen LogP contribution in [0.5, 0.6) is 0 Å². The largest absolute Gasteiger partial charge is 0.409 e. The minimum atomic E-state index is -0.754. The minimum absolute atomic E-state index is 0.00471. The van der Waals surface area contributed by atoms with Gasteiger partial charge in [-0.15, -0.1) is 0 Å². The second-order valence-electron chi connectivity index (χ2n) is 3.67. The van der Waals surface area contributed by atoms with E-state index >= 15 is 0 Å². The molecule has 6 heteroatoms. The number of benzene rings is 2. The van der Waals surface area contributed by atoms with Crippen molar-refractivity contribution in [3.8, 4) is 0 Å². The SMILES string of the molecule is N/C(=N/O)c1cc(F)c(Sc2ccccc2)c(F)c1. The van der Waals surface area contributed by atoms with E-state index < -0.39 is 11.6 Å². The van der Waals surface area contributed by atoms with E-state index in [1.807, 2.05) is 6.07 Å². The molecule has 0 heterocycles. The Morgan fingerprint density at radius 1 is 1.11 bits per heavy atom. The number of hydrogen-bond acceptors (Lipinski definition) is 3. The third-order valence-corrected chi connectivity index (χ3v) is 3.47. The second-order valence-corrected chi connectivity index (χ2v) is 4.75. The van der Waals surface area contributed by atoms with E-state index in [0.717, 1.165) is 28.8 Å². The van der Waals surface area contributed by atoms with Gasteiger partial charge in [-0.05, 0) is 24.3 Å². The Kier molecular flexibility index (Phi) is 4.01. The summed E-state index contributed by atoms with van der Waals surface area (Å²) < 4.78 is 27.7. The van der Waals surface area contributed by atoms with E-state index in [2.05, 4.69) is 5.16 Å². The van der Waals surface area contributed by atoms with Gasteiger partial charge in [0.15, 0.2) is 5.84 Å². The molecule has 0 saturated carbocycles. The van der Waals surface area contributed by atoms with E-state index in [0.29, 0.717) is 0 Å². The molecule has 19 heavy (non-hydrogen) atoms. The Balaban J connectivity index is 2.38. The van der Waals surface area contributed by atoms with Crippen LogP contribution >= 0.6 is 11.8 Å². The number of halogens is 2. The van der Waals surface area contributed by atoms with Crippen LogP contribution in [0.15, 0.2) is 57.4 Å². The highest BCUT2D eigenvalue weighted by atomic mass is 32.2. The molecule has 3 nitrogen and oxygen atoms in total. The molecular formula is C13H10F2N2OS. The second kappa shape index (κ2) is 5.71. The molecule has 2 rings (SSSR count). The Morgan fingerprint density at radius 2 is 1.68 bits per heavy atom. The van der Waals surface area contributed by atoms with Crippen LogP contribution in [0.2, 0.25) is 0 Å². The number of amidine groups is 1. The van der Waals surface area contributed by atoms with Crippen LogP contribution in [0.25, 0.3) is 0 Å². The van der Waals surface area contributed by atoms with Gasteiger partial charge in [-0.1, -0.05) is 35.1 Å². The van der Waals surface area contributed by atoms with E-state index in [-0.39, 0.29) is 16.3 Å². The van der Waals surface area contributed by atoms with Gasteiger partial charge in [0.05, 0.1) is 4.90 Å². The maximum atomic E-state index is 13.8. The van der Waals surface area contributed by atoms with E-state index in [9.17, 15) is 8.78 Å². The monoisotopic (exact) mass is 280 g/mol. The predicted molar refractivity (Wildman–Crippen MR) is 69.4 cm³/mol. The van der Waals surface area contributed by atoms with E-state index in [1.54, 1.807) is 24.3 Å². The lowest BCUT2D eigenvalue weighted by Crippen LogP contribution is -2.14. The molecule has 2 aromatic rings. The van der Waals surface area contributed by atoms with Gasteiger partial charge in [0.2, 0.25) is 0 Å². The summed E-state index contributed by atoms with van der Waals surface area (Å²) in [5.74, 6) is -1.85. The lowest BCUT2D eigenvalue weighted by atomic mass is 10.2. The zero-order valence-corrected chi connectivity index (χ0v) is 10.5. The average molecular weight is 280 g/mol. The molecule has 0 aliphatic heterocycles.